The molecule has 1 saturated heterocycles. The molecule has 0 atom stereocenters. The summed E-state index contributed by atoms with van der Waals surface area (Å²) in [5.74, 6) is 2.16. The highest BCUT2D eigenvalue weighted by atomic mass is 16.6. The van der Waals surface area contributed by atoms with Gasteiger partial charge in [-0.2, -0.15) is 0 Å². The average Bonchev–Trinajstić information content (AvgIpc) is 3.18. The van der Waals surface area contributed by atoms with Gasteiger partial charge in [0.15, 0.2) is 0 Å². The van der Waals surface area contributed by atoms with E-state index in [0.29, 0.717) is 23.5 Å². The van der Waals surface area contributed by atoms with Gasteiger partial charge in [0, 0.05) is 37.2 Å². The van der Waals surface area contributed by atoms with Gasteiger partial charge in [-0.05, 0) is 49.2 Å². The highest BCUT2D eigenvalue weighted by Gasteiger charge is 2.22. The number of hydrogen-bond acceptors (Lipinski definition) is 7. The maximum Gasteiger partial charge on any atom is 0.242 e. The number of nitrogens with one attached hydrogen (secondary N) is 1. The van der Waals surface area contributed by atoms with E-state index in [0.717, 1.165) is 48.5 Å². The van der Waals surface area contributed by atoms with Gasteiger partial charge in [-0.1, -0.05) is 12.1 Å². The highest BCUT2D eigenvalue weighted by Crippen LogP contribution is 2.33. The summed E-state index contributed by atoms with van der Waals surface area (Å²) in [6.45, 7) is 1.49. The lowest BCUT2D eigenvalue weighted by molar-refractivity contribution is 0.0839. The fourth-order valence-electron chi connectivity index (χ4n) is 3.78. The first kappa shape index (κ1) is 19.3. The van der Waals surface area contributed by atoms with Gasteiger partial charge in [0.2, 0.25) is 11.8 Å². The van der Waals surface area contributed by atoms with E-state index < -0.39 is 0 Å². The molecule has 1 fully saturated rings. The van der Waals surface area contributed by atoms with Crippen LogP contribution in [0.15, 0.2) is 60.9 Å². The van der Waals surface area contributed by atoms with Crippen LogP contribution in [0.5, 0.6) is 11.6 Å². The minimum Gasteiger partial charge on any atom is -0.437 e. The summed E-state index contributed by atoms with van der Waals surface area (Å²) in [6.07, 6.45) is 5.23. The standard InChI is InChI=1S/C23H23N5O3/c1-29-28-20-5-3-2-4-19(20)27-23(28)26-17-6-8-18(9-7-17)31-22-21(24-12-13-25-22)16-10-14-30-15-11-16/h2-9,12-13,16H,10-11,14-15H2,1H3,(H,26,27). The Morgan fingerprint density at radius 1 is 1.00 bits per heavy atom. The maximum absolute atomic E-state index is 6.07. The quantitative estimate of drug-likeness (QED) is 0.500. The molecule has 1 N–H and O–H groups in total. The SMILES string of the molecule is COn1c(Nc2ccc(Oc3nccnc3C3CCOCC3)cc2)nc2ccccc21. The molecule has 0 spiro atoms. The molecular formula is C23H23N5O3. The van der Waals surface area contributed by atoms with E-state index >= 15 is 0 Å². The van der Waals surface area contributed by atoms with Crippen molar-refractivity contribution in [3.63, 3.8) is 0 Å². The number of ether oxygens (including phenoxy) is 2. The molecule has 0 saturated carbocycles. The molecule has 8 nitrogen and oxygen atoms in total. The predicted octanol–water partition coefficient (Wildman–Crippen LogP) is 4.31. The Labute approximate surface area is 179 Å². The van der Waals surface area contributed by atoms with Gasteiger partial charge in [0.25, 0.3) is 0 Å². The van der Waals surface area contributed by atoms with Crippen molar-refractivity contribution in [2.75, 3.05) is 25.6 Å². The number of rotatable bonds is 6. The second-order valence-corrected chi connectivity index (χ2v) is 7.29. The zero-order valence-corrected chi connectivity index (χ0v) is 17.2. The minimum absolute atomic E-state index is 0.306. The number of hydrogen-bond donors (Lipinski definition) is 1. The third kappa shape index (κ3) is 4.02. The van der Waals surface area contributed by atoms with Gasteiger partial charge in [0.1, 0.15) is 24.1 Å². The van der Waals surface area contributed by atoms with Crippen molar-refractivity contribution < 1.29 is 14.3 Å². The summed E-state index contributed by atoms with van der Waals surface area (Å²) >= 11 is 0. The number of fused-ring (bicyclic) bond motifs is 1. The topological polar surface area (TPSA) is 83.3 Å². The second-order valence-electron chi connectivity index (χ2n) is 7.29. The third-order valence-corrected chi connectivity index (χ3v) is 5.33. The first-order valence-electron chi connectivity index (χ1n) is 10.3. The Bertz CT molecular complexity index is 1170. The first-order chi connectivity index (χ1) is 15.3. The molecule has 4 aromatic rings. The Morgan fingerprint density at radius 3 is 2.58 bits per heavy atom. The van der Waals surface area contributed by atoms with Crippen LogP contribution in [0.3, 0.4) is 0 Å². The zero-order valence-electron chi connectivity index (χ0n) is 17.2. The number of anilines is 2. The Kier molecular flexibility index (Phi) is 5.37. The predicted molar refractivity (Wildman–Crippen MR) is 117 cm³/mol. The molecule has 0 radical (unpaired) electrons. The van der Waals surface area contributed by atoms with Crippen LogP contribution in [-0.2, 0) is 4.74 Å². The molecule has 5 rings (SSSR count). The number of aromatic nitrogens is 4. The van der Waals surface area contributed by atoms with Crippen molar-refractivity contribution in [2.24, 2.45) is 0 Å². The van der Waals surface area contributed by atoms with Crippen molar-refractivity contribution in [3.05, 3.63) is 66.6 Å². The summed E-state index contributed by atoms with van der Waals surface area (Å²) in [7, 11) is 1.62. The van der Waals surface area contributed by atoms with Crippen LogP contribution >= 0.6 is 0 Å². The van der Waals surface area contributed by atoms with Gasteiger partial charge in [-0.25, -0.2) is 9.97 Å². The minimum atomic E-state index is 0.306. The van der Waals surface area contributed by atoms with Gasteiger partial charge in [-0.15, -0.1) is 4.73 Å². The largest absolute Gasteiger partial charge is 0.437 e. The molecule has 158 valence electrons. The molecule has 1 aliphatic rings. The molecule has 0 aliphatic carbocycles. The smallest absolute Gasteiger partial charge is 0.242 e. The van der Waals surface area contributed by atoms with Crippen LogP contribution in [0, 0.1) is 0 Å². The van der Waals surface area contributed by atoms with Crippen molar-refractivity contribution in [1.82, 2.24) is 19.7 Å². The fourth-order valence-corrected chi connectivity index (χ4v) is 3.78. The molecule has 1 aliphatic heterocycles. The number of imidazole rings is 1. The molecule has 2 aromatic heterocycles. The van der Waals surface area contributed by atoms with Crippen LogP contribution < -0.4 is 14.9 Å². The Morgan fingerprint density at radius 2 is 1.77 bits per heavy atom. The average molecular weight is 417 g/mol. The molecule has 0 bridgehead atoms. The summed E-state index contributed by atoms with van der Waals surface area (Å²) in [5.41, 5.74) is 3.51. The van der Waals surface area contributed by atoms with Crippen LogP contribution in [0.4, 0.5) is 11.6 Å². The lowest BCUT2D eigenvalue weighted by Gasteiger charge is -2.22. The van der Waals surface area contributed by atoms with E-state index in [1.165, 1.54) is 0 Å². The lowest BCUT2D eigenvalue weighted by Crippen LogP contribution is -2.16. The van der Waals surface area contributed by atoms with E-state index in [2.05, 4.69) is 20.3 Å². The summed E-state index contributed by atoms with van der Waals surface area (Å²) < 4.78 is 13.2. The van der Waals surface area contributed by atoms with E-state index in [-0.39, 0.29) is 0 Å². The van der Waals surface area contributed by atoms with E-state index in [1.807, 2.05) is 48.5 Å². The third-order valence-electron chi connectivity index (χ3n) is 5.33. The van der Waals surface area contributed by atoms with Gasteiger partial charge >= 0.3 is 0 Å². The Hall–Kier alpha value is -3.65. The molecular weight excluding hydrogens is 394 g/mol. The molecule has 3 heterocycles. The summed E-state index contributed by atoms with van der Waals surface area (Å²) in [4.78, 5) is 19.0. The van der Waals surface area contributed by atoms with E-state index in [4.69, 9.17) is 14.3 Å². The normalized spacial score (nSPS) is 14.5. The van der Waals surface area contributed by atoms with Crippen LogP contribution in [0.25, 0.3) is 11.0 Å². The zero-order chi connectivity index (χ0) is 21.0. The monoisotopic (exact) mass is 417 g/mol. The van der Waals surface area contributed by atoms with Crippen molar-refractivity contribution in [3.8, 4) is 11.6 Å². The number of benzene rings is 2. The highest BCUT2D eigenvalue weighted by molar-refractivity contribution is 5.79. The van der Waals surface area contributed by atoms with Gasteiger partial charge in [-0.3, -0.25) is 4.98 Å². The summed E-state index contributed by atoms with van der Waals surface area (Å²) in [6, 6.07) is 15.5. The molecule has 2 aromatic carbocycles. The molecule has 0 unspecified atom stereocenters. The van der Waals surface area contributed by atoms with E-state index in [1.54, 1.807) is 24.2 Å². The van der Waals surface area contributed by atoms with Crippen molar-refractivity contribution in [2.45, 2.75) is 18.8 Å². The molecule has 8 heteroatoms. The molecule has 31 heavy (non-hydrogen) atoms. The van der Waals surface area contributed by atoms with Gasteiger partial charge < -0.3 is 19.6 Å². The number of para-hydroxylation sites is 2. The Balaban J connectivity index is 1.34. The lowest BCUT2D eigenvalue weighted by atomic mass is 9.96. The second kappa shape index (κ2) is 8.61. The van der Waals surface area contributed by atoms with Crippen LogP contribution in [-0.4, -0.2) is 40.0 Å². The fraction of sp³-hybridized carbons (Fsp3) is 0.261. The number of nitrogens with zero attached hydrogens (tertiary/aromatic N) is 4. The van der Waals surface area contributed by atoms with Crippen LogP contribution in [0.1, 0.15) is 24.5 Å². The van der Waals surface area contributed by atoms with Crippen LogP contribution in [0.2, 0.25) is 0 Å². The van der Waals surface area contributed by atoms with Crippen molar-refractivity contribution >= 4 is 22.7 Å². The first-order valence-corrected chi connectivity index (χ1v) is 10.3. The van der Waals surface area contributed by atoms with E-state index in [9.17, 15) is 0 Å². The van der Waals surface area contributed by atoms with Crippen molar-refractivity contribution in [1.29, 1.82) is 0 Å². The maximum atomic E-state index is 6.07. The van der Waals surface area contributed by atoms with Gasteiger partial charge in [0.05, 0.1) is 5.52 Å². The summed E-state index contributed by atoms with van der Waals surface area (Å²) in [5, 5.41) is 3.30. The molecule has 0 amide bonds.